The van der Waals surface area contributed by atoms with E-state index in [1.807, 2.05) is 26.8 Å². The van der Waals surface area contributed by atoms with Gasteiger partial charge in [0.15, 0.2) is 5.78 Å². The summed E-state index contributed by atoms with van der Waals surface area (Å²) in [6.07, 6.45) is 3.85. The van der Waals surface area contributed by atoms with Gasteiger partial charge in [-0.15, -0.1) is 0 Å². The normalized spacial score (nSPS) is 16.7. The minimum atomic E-state index is -0.346. The Morgan fingerprint density at radius 3 is 2.56 bits per heavy atom. The lowest BCUT2D eigenvalue weighted by Crippen LogP contribution is -2.16. The molecule has 0 heterocycles. The molecule has 1 unspecified atom stereocenters. The van der Waals surface area contributed by atoms with E-state index in [2.05, 4.69) is 0 Å². The summed E-state index contributed by atoms with van der Waals surface area (Å²) < 4.78 is 14.0. The molecule has 1 aromatic carbocycles. The number of benzene rings is 1. The zero-order valence-electron chi connectivity index (χ0n) is 11.4. The highest BCUT2D eigenvalue weighted by Crippen LogP contribution is 2.43. The molecule has 1 aliphatic rings. The van der Waals surface area contributed by atoms with Crippen LogP contribution in [0.15, 0.2) is 12.1 Å². The molecule has 1 atom stereocenters. The highest BCUT2D eigenvalue weighted by Gasteiger charge is 2.30. The van der Waals surface area contributed by atoms with Crippen molar-refractivity contribution in [1.29, 1.82) is 0 Å². The first-order chi connectivity index (χ1) is 8.60. The summed E-state index contributed by atoms with van der Waals surface area (Å²) in [6, 6.07) is 3.35. The predicted octanol–water partition coefficient (Wildman–Crippen LogP) is 4.49. The molecule has 0 bridgehead atoms. The topological polar surface area (TPSA) is 17.1 Å². The summed E-state index contributed by atoms with van der Waals surface area (Å²) in [5, 5.41) is 0. The highest BCUT2D eigenvalue weighted by molar-refractivity contribution is 5.99. The van der Waals surface area contributed by atoms with Crippen LogP contribution in [0.25, 0.3) is 0 Å². The van der Waals surface area contributed by atoms with E-state index >= 15 is 0 Å². The molecule has 2 heteroatoms. The third kappa shape index (κ3) is 2.33. The first kappa shape index (κ1) is 13.3. The van der Waals surface area contributed by atoms with Gasteiger partial charge in [-0.25, -0.2) is 4.39 Å². The van der Waals surface area contributed by atoms with Gasteiger partial charge in [-0.2, -0.15) is 0 Å². The van der Waals surface area contributed by atoms with E-state index in [1.54, 1.807) is 0 Å². The first-order valence-corrected chi connectivity index (χ1v) is 6.95. The van der Waals surface area contributed by atoms with Gasteiger partial charge in [-0.3, -0.25) is 4.79 Å². The quantitative estimate of drug-likeness (QED) is 0.701. The molecule has 0 radical (unpaired) electrons. The van der Waals surface area contributed by atoms with Crippen LogP contribution >= 0.6 is 0 Å². The van der Waals surface area contributed by atoms with E-state index < -0.39 is 0 Å². The maximum atomic E-state index is 14.0. The smallest absolute Gasteiger partial charge is 0.168 e. The first-order valence-electron chi connectivity index (χ1n) is 6.95. The van der Waals surface area contributed by atoms with Crippen LogP contribution in [-0.4, -0.2) is 5.78 Å². The van der Waals surface area contributed by atoms with Crippen LogP contribution in [0, 0.1) is 11.7 Å². The number of rotatable bonds is 5. The molecule has 1 nitrogen and oxygen atoms in total. The van der Waals surface area contributed by atoms with E-state index in [-0.39, 0.29) is 17.5 Å². The summed E-state index contributed by atoms with van der Waals surface area (Å²) in [4.78, 5) is 12.3. The van der Waals surface area contributed by atoms with Gasteiger partial charge in [0.25, 0.3) is 0 Å². The molecule has 18 heavy (non-hydrogen) atoms. The van der Waals surface area contributed by atoms with Crippen molar-refractivity contribution in [2.45, 2.75) is 52.4 Å². The number of ketones is 1. The Morgan fingerprint density at radius 1 is 1.39 bits per heavy atom. The lowest BCUT2D eigenvalue weighted by molar-refractivity contribution is 0.0922. The second-order valence-corrected chi connectivity index (χ2v) is 5.29. The molecule has 1 aliphatic carbocycles. The van der Waals surface area contributed by atoms with Crippen molar-refractivity contribution < 1.29 is 9.18 Å². The van der Waals surface area contributed by atoms with E-state index in [1.165, 1.54) is 24.5 Å². The predicted molar refractivity (Wildman–Crippen MR) is 71.5 cm³/mol. The number of hydrogen-bond acceptors (Lipinski definition) is 1. The third-order valence-electron chi connectivity index (χ3n) is 3.98. The summed E-state index contributed by atoms with van der Waals surface area (Å²) in [6.45, 7) is 5.86. The summed E-state index contributed by atoms with van der Waals surface area (Å²) in [5.74, 6) is 0.0826. The minimum Gasteiger partial charge on any atom is -0.294 e. The molecule has 0 aliphatic heterocycles. The van der Waals surface area contributed by atoms with Crippen molar-refractivity contribution in [2.75, 3.05) is 0 Å². The number of Topliss-reactive ketones (excluding diaryl/α,β-unsaturated/α-hetero) is 1. The molecule has 0 spiro atoms. The van der Waals surface area contributed by atoms with Crippen LogP contribution in [-0.2, 0) is 6.42 Å². The molecule has 0 saturated heterocycles. The maximum Gasteiger partial charge on any atom is 0.168 e. The zero-order chi connectivity index (χ0) is 13.3. The lowest BCUT2D eigenvalue weighted by atomic mass is 9.88. The van der Waals surface area contributed by atoms with Gasteiger partial charge in [0, 0.05) is 5.92 Å². The van der Waals surface area contributed by atoms with Gasteiger partial charge in [0.05, 0.1) is 5.56 Å². The van der Waals surface area contributed by atoms with Gasteiger partial charge in [0.1, 0.15) is 5.82 Å². The highest BCUT2D eigenvalue weighted by atomic mass is 19.1. The van der Waals surface area contributed by atoms with Crippen molar-refractivity contribution in [3.63, 3.8) is 0 Å². The van der Waals surface area contributed by atoms with Gasteiger partial charge in [-0.05, 0) is 48.8 Å². The van der Waals surface area contributed by atoms with E-state index in [0.717, 1.165) is 18.4 Å². The average Bonchev–Trinajstić information content (AvgIpc) is 3.20. The molecular weight excluding hydrogens is 227 g/mol. The second-order valence-electron chi connectivity index (χ2n) is 5.29. The van der Waals surface area contributed by atoms with Crippen LogP contribution in [0.2, 0.25) is 0 Å². The molecular formula is C16H21FO. The van der Waals surface area contributed by atoms with Gasteiger partial charge in [0.2, 0.25) is 0 Å². The molecule has 1 aromatic rings. The molecule has 1 saturated carbocycles. The number of carbonyl (C=O) groups is 1. The monoisotopic (exact) mass is 248 g/mol. The Morgan fingerprint density at radius 2 is 2.06 bits per heavy atom. The molecule has 98 valence electrons. The van der Waals surface area contributed by atoms with Crippen LogP contribution in [0.1, 0.15) is 67.4 Å². The van der Waals surface area contributed by atoms with Gasteiger partial charge < -0.3 is 0 Å². The standard InChI is InChI=1S/C16H21FO/c1-4-10(3)16(18)15-12(5-2)13(11-6-7-11)8-9-14(15)17/h8-11H,4-7H2,1-3H3. The largest absolute Gasteiger partial charge is 0.294 e. The number of carbonyl (C=O) groups excluding carboxylic acids is 1. The Kier molecular flexibility index (Phi) is 3.84. The Hall–Kier alpha value is -1.18. The second kappa shape index (κ2) is 5.21. The Balaban J connectivity index is 2.49. The average molecular weight is 248 g/mol. The fourth-order valence-corrected chi connectivity index (χ4v) is 2.49. The fourth-order valence-electron chi connectivity index (χ4n) is 2.49. The molecule has 1 fully saturated rings. The van der Waals surface area contributed by atoms with Gasteiger partial charge >= 0.3 is 0 Å². The van der Waals surface area contributed by atoms with Crippen LogP contribution in [0.5, 0.6) is 0 Å². The summed E-state index contributed by atoms with van der Waals surface area (Å²) >= 11 is 0. The number of halogens is 1. The van der Waals surface area contributed by atoms with Crippen LogP contribution in [0.3, 0.4) is 0 Å². The van der Waals surface area contributed by atoms with Crippen molar-refractivity contribution in [2.24, 2.45) is 5.92 Å². The van der Waals surface area contributed by atoms with E-state index in [9.17, 15) is 9.18 Å². The lowest BCUT2D eigenvalue weighted by Gasteiger charge is -2.16. The minimum absolute atomic E-state index is 0.0330. The SMILES string of the molecule is CCc1c(C2CC2)ccc(F)c1C(=O)C(C)CC. The van der Waals surface area contributed by atoms with E-state index in [4.69, 9.17) is 0 Å². The third-order valence-corrected chi connectivity index (χ3v) is 3.98. The Bertz CT molecular complexity index is 460. The molecule has 2 rings (SSSR count). The van der Waals surface area contributed by atoms with Crippen molar-refractivity contribution in [3.8, 4) is 0 Å². The molecule has 0 amide bonds. The Labute approximate surface area is 108 Å². The zero-order valence-corrected chi connectivity index (χ0v) is 11.4. The maximum absolute atomic E-state index is 14.0. The summed E-state index contributed by atoms with van der Waals surface area (Å²) in [5.41, 5.74) is 2.50. The summed E-state index contributed by atoms with van der Waals surface area (Å²) in [7, 11) is 0. The van der Waals surface area contributed by atoms with Crippen LogP contribution in [0.4, 0.5) is 4.39 Å². The van der Waals surface area contributed by atoms with Crippen molar-refractivity contribution in [3.05, 3.63) is 34.6 Å². The van der Waals surface area contributed by atoms with Crippen LogP contribution < -0.4 is 0 Å². The molecule has 0 N–H and O–H groups in total. The van der Waals surface area contributed by atoms with E-state index in [0.29, 0.717) is 11.5 Å². The molecule has 0 aromatic heterocycles. The fraction of sp³-hybridized carbons (Fsp3) is 0.562. The number of hydrogen-bond donors (Lipinski definition) is 0. The van der Waals surface area contributed by atoms with Gasteiger partial charge in [-0.1, -0.05) is 26.8 Å². The van der Waals surface area contributed by atoms with Crippen molar-refractivity contribution >= 4 is 5.78 Å². The van der Waals surface area contributed by atoms with Crippen molar-refractivity contribution in [1.82, 2.24) is 0 Å².